The molecule has 22 heavy (non-hydrogen) atoms. The summed E-state index contributed by atoms with van der Waals surface area (Å²) in [4.78, 5) is 12.4. The van der Waals surface area contributed by atoms with Crippen LogP contribution in [0.1, 0.15) is 37.7 Å². The van der Waals surface area contributed by atoms with Crippen molar-refractivity contribution in [3.8, 4) is 0 Å². The molecule has 0 aliphatic heterocycles. The van der Waals surface area contributed by atoms with Gasteiger partial charge in [0.2, 0.25) is 5.91 Å². The molecule has 1 aromatic carbocycles. The summed E-state index contributed by atoms with van der Waals surface area (Å²) in [5.74, 6) is 1.50. The summed E-state index contributed by atoms with van der Waals surface area (Å²) in [5.41, 5.74) is 14.0. The molecule has 3 rings (SSSR count). The van der Waals surface area contributed by atoms with Gasteiger partial charge in [0.05, 0.1) is 0 Å². The van der Waals surface area contributed by atoms with Crippen LogP contribution >= 0.6 is 0 Å². The molecule has 2 atom stereocenters. The zero-order valence-corrected chi connectivity index (χ0v) is 13.1. The molecule has 1 amide bonds. The number of nitrogens with one attached hydrogen (secondary N) is 1. The first kappa shape index (κ1) is 15.3. The summed E-state index contributed by atoms with van der Waals surface area (Å²) in [6, 6.07) is 8.17. The third-order valence-corrected chi connectivity index (χ3v) is 5.48. The minimum absolute atomic E-state index is 0.168. The fraction of sp³-hybridized carbons (Fsp3) is 0.611. The molecule has 2 saturated carbocycles. The number of carbonyl (C=O) groups excluding carboxylic acids is 1. The topological polar surface area (TPSA) is 81.1 Å². The van der Waals surface area contributed by atoms with E-state index in [2.05, 4.69) is 5.32 Å². The molecule has 4 nitrogen and oxygen atoms in total. The third-order valence-electron chi connectivity index (χ3n) is 5.48. The van der Waals surface area contributed by atoms with Crippen molar-refractivity contribution in [2.24, 2.45) is 23.5 Å². The van der Waals surface area contributed by atoms with Gasteiger partial charge in [0.1, 0.15) is 0 Å². The van der Waals surface area contributed by atoms with Crippen molar-refractivity contribution in [3.63, 3.8) is 0 Å². The van der Waals surface area contributed by atoms with E-state index in [9.17, 15) is 4.79 Å². The van der Waals surface area contributed by atoms with Crippen molar-refractivity contribution in [1.29, 1.82) is 0 Å². The lowest BCUT2D eigenvalue weighted by Gasteiger charge is -2.43. The van der Waals surface area contributed by atoms with Crippen LogP contribution < -0.4 is 16.8 Å². The fourth-order valence-electron chi connectivity index (χ4n) is 4.16. The summed E-state index contributed by atoms with van der Waals surface area (Å²) < 4.78 is 0. The van der Waals surface area contributed by atoms with Gasteiger partial charge in [0.25, 0.3) is 0 Å². The number of carbonyl (C=O) groups is 1. The Morgan fingerprint density at radius 3 is 2.41 bits per heavy atom. The summed E-state index contributed by atoms with van der Waals surface area (Å²) in [6.07, 6.45) is 6.50. The van der Waals surface area contributed by atoms with E-state index in [-0.39, 0.29) is 11.8 Å². The first-order chi connectivity index (χ1) is 10.6. The van der Waals surface area contributed by atoms with Crippen LogP contribution in [0.4, 0.5) is 5.69 Å². The predicted octanol–water partition coefficient (Wildman–Crippen LogP) is 2.08. The van der Waals surface area contributed by atoms with Crippen LogP contribution in [0.2, 0.25) is 0 Å². The average Bonchev–Trinajstić information content (AvgIpc) is 2.49. The summed E-state index contributed by atoms with van der Waals surface area (Å²) in [6.45, 7) is 0.695. The van der Waals surface area contributed by atoms with Crippen LogP contribution in [0.25, 0.3) is 0 Å². The van der Waals surface area contributed by atoms with E-state index in [4.69, 9.17) is 11.5 Å². The van der Waals surface area contributed by atoms with Crippen LogP contribution in [0.3, 0.4) is 0 Å². The molecule has 2 unspecified atom stereocenters. The Hall–Kier alpha value is -1.55. The van der Waals surface area contributed by atoms with Crippen LogP contribution in [-0.2, 0) is 11.2 Å². The monoisotopic (exact) mass is 301 g/mol. The summed E-state index contributed by atoms with van der Waals surface area (Å²) in [7, 11) is 0. The van der Waals surface area contributed by atoms with Gasteiger partial charge in [0, 0.05) is 24.2 Å². The predicted molar refractivity (Wildman–Crippen MR) is 89.1 cm³/mol. The molecule has 0 radical (unpaired) electrons. The SMILES string of the molecule is Nc1ccc(CCNC(=O)C2CC3CCCC(C2)C3N)cc1. The summed E-state index contributed by atoms with van der Waals surface area (Å²) >= 11 is 0. The molecule has 2 aliphatic carbocycles. The number of rotatable bonds is 4. The normalized spacial score (nSPS) is 30.8. The Labute approximate surface area is 132 Å². The van der Waals surface area contributed by atoms with E-state index < -0.39 is 0 Å². The van der Waals surface area contributed by atoms with E-state index >= 15 is 0 Å². The van der Waals surface area contributed by atoms with E-state index in [0.29, 0.717) is 24.4 Å². The molecule has 1 aromatic rings. The lowest BCUT2D eigenvalue weighted by Crippen LogP contribution is -2.49. The van der Waals surface area contributed by atoms with Crippen molar-refractivity contribution in [3.05, 3.63) is 29.8 Å². The molecular formula is C18H27N3O. The quantitative estimate of drug-likeness (QED) is 0.745. The van der Waals surface area contributed by atoms with Crippen molar-refractivity contribution in [1.82, 2.24) is 5.32 Å². The van der Waals surface area contributed by atoms with Crippen LogP contribution in [0.5, 0.6) is 0 Å². The lowest BCUT2D eigenvalue weighted by molar-refractivity contribution is -0.127. The maximum atomic E-state index is 12.4. The van der Waals surface area contributed by atoms with Crippen molar-refractivity contribution in [2.45, 2.75) is 44.6 Å². The highest BCUT2D eigenvalue weighted by molar-refractivity contribution is 5.78. The first-order valence-electron chi connectivity index (χ1n) is 8.51. The second kappa shape index (κ2) is 6.69. The Balaban J connectivity index is 1.47. The number of nitrogens with two attached hydrogens (primary N) is 2. The molecule has 5 N–H and O–H groups in total. The second-order valence-corrected chi connectivity index (χ2v) is 6.98. The van der Waals surface area contributed by atoms with Gasteiger partial charge < -0.3 is 16.8 Å². The standard InChI is InChI=1S/C18H27N3O/c19-16-6-4-12(5-7-16)8-9-21-18(22)15-10-13-2-1-3-14(11-15)17(13)20/h4-7,13-15,17H,1-3,8-11,19-20H2,(H,21,22). The minimum atomic E-state index is 0.168. The van der Waals surface area contributed by atoms with E-state index in [1.165, 1.54) is 24.8 Å². The van der Waals surface area contributed by atoms with Gasteiger partial charge in [-0.3, -0.25) is 4.79 Å². The van der Waals surface area contributed by atoms with Crippen molar-refractivity contribution < 1.29 is 4.79 Å². The number of amides is 1. The highest BCUT2D eigenvalue weighted by Gasteiger charge is 2.40. The minimum Gasteiger partial charge on any atom is -0.399 e. The molecule has 0 spiro atoms. The van der Waals surface area contributed by atoms with Gasteiger partial charge >= 0.3 is 0 Å². The number of fused-ring (bicyclic) bond motifs is 2. The molecule has 2 aliphatic rings. The van der Waals surface area contributed by atoms with Gasteiger partial charge in [-0.15, -0.1) is 0 Å². The Morgan fingerprint density at radius 1 is 1.14 bits per heavy atom. The number of hydrogen-bond acceptors (Lipinski definition) is 3. The first-order valence-corrected chi connectivity index (χ1v) is 8.51. The largest absolute Gasteiger partial charge is 0.399 e. The maximum absolute atomic E-state index is 12.4. The van der Waals surface area contributed by atoms with Gasteiger partial charge in [-0.1, -0.05) is 18.6 Å². The molecule has 2 fully saturated rings. The Morgan fingerprint density at radius 2 is 1.77 bits per heavy atom. The van der Waals surface area contributed by atoms with Gasteiger partial charge in [-0.25, -0.2) is 0 Å². The molecular weight excluding hydrogens is 274 g/mol. The van der Waals surface area contributed by atoms with Crippen LogP contribution in [-0.4, -0.2) is 18.5 Å². The van der Waals surface area contributed by atoms with Crippen LogP contribution in [0, 0.1) is 17.8 Å². The lowest BCUT2D eigenvalue weighted by atomic mass is 9.65. The van der Waals surface area contributed by atoms with Gasteiger partial charge in [-0.05, 0) is 61.6 Å². The number of anilines is 1. The maximum Gasteiger partial charge on any atom is 0.223 e. The Bertz CT molecular complexity index is 500. The molecule has 0 heterocycles. The third kappa shape index (κ3) is 3.43. The Kier molecular flexibility index (Phi) is 4.67. The molecule has 0 aromatic heterocycles. The number of benzene rings is 1. The molecule has 2 bridgehead atoms. The number of nitrogen functional groups attached to an aromatic ring is 1. The van der Waals surface area contributed by atoms with E-state index in [0.717, 1.165) is 24.9 Å². The molecule has 4 heteroatoms. The van der Waals surface area contributed by atoms with Gasteiger partial charge in [0.15, 0.2) is 0 Å². The smallest absolute Gasteiger partial charge is 0.223 e. The van der Waals surface area contributed by atoms with Crippen molar-refractivity contribution >= 4 is 11.6 Å². The number of hydrogen-bond donors (Lipinski definition) is 3. The van der Waals surface area contributed by atoms with Crippen LogP contribution in [0.15, 0.2) is 24.3 Å². The fourth-order valence-corrected chi connectivity index (χ4v) is 4.16. The zero-order chi connectivity index (χ0) is 15.5. The highest BCUT2D eigenvalue weighted by Crippen LogP contribution is 2.41. The molecule has 120 valence electrons. The van der Waals surface area contributed by atoms with Gasteiger partial charge in [-0.2, -0.15) is 0 Å². The second-order valence-electron chi connectivity index (χ2n) is 6.98. The van der Waals surface area contributed by atoms with Crippen molar-refractivity contribution in [2.75, 3.05) is 12.3 Å². The molecule has 0 saturated heterocycles. The van der Waals surface area contributed by atoms with E-state index in [1.54, 1.807) is 0 Å². The van der Waals surface area contributed by atoms with E-state index in [1.807, 2.05) is 24.3 Å². The summed E-state index contributed by atoms with van der Waals surface area (Å²) in [5, 5.41) is 3.11. The zero-order valence-electron chi connectivity index (χ0n) is 13.1. The average molecular weight is 301 g/mol. The highest BCUT2D eigenvalue weighted by atomic mass is 16.1.